The van der Waals surface area contributed by atoms with Crippen LogP contribution in [0.1, 0.15) is 39.7 Å². The number of hydrogen-bond acceptors (Lipinski definition) is 2. The molecule has 0 aromatic heterocycles. The first-order valence-corrected chi connectivity index (χ1v) is 6.73. The summed E-state index contributed by atoms with van der Waals surface area (Å²) in [7, 11) is 0. The van der Waals surface area contributed by atoms with Gasteiger partial charge in [0.2, 0.25) is 0 Å². The minimum atomic E-state index is -4.34. The van der Waals surface area contributed by atoms with Crippen molar-refractivity contribution in [3.8, 4) is 5.75 Å². The van der Waals surface area contributed by atoms with Crippen LogP contribution in [0.5, 0.6) is 5.75 Å². The molecule has 0 amide bonds. The van der Waals surface area contributed by atoms with Crippen LogP contribution in [0.25, 0.3) is 0 Å². The number of nitrogens with one attached hydrogen (secondary N) is 1. The highest BCUT2D eigenvalue weighted by Gasteiger charge is 2.30. The topological polar surface area (TPSA) is 21.3 Å². The predicted octanol–water partition coefficient (Wildman–Crippen LogP) is 4.25. The van der Waals surface area contributed by atoms with Gasteiger partial charge in [0.15, 0.2) is 0 Å². The highest BCUT2D eigenvalue weighted by molar-refractivity contribution is 5.30. The second-order valence-electron chi connectivity index (χ2n) is 5.57. The van der Waals surface area contributed by atoms with E-state index in [0.717, 1.165) is 18.6 Å². The van der Waals surface area contributed by atoms with Gasteiger partial charge in [-0.1, -0.05) is 13.0 Å². The van der Waals surface area contributed by atoms with Crippen LogP contribution < -0.4 is 10.1 Å². The third-order valence-corrected chi connectivity index (χ3v) is 3.25. The molecule has 0 aliphatic heterocycles. The number of alkyl halides is 3. The molecule has 2 nitrogen and oxygen atoms in total. The Morgan fingerprint density at radius 1 is 1.25 bits per heavy atom. The van der Waals surface area contributed by atoms with E-state index < -0.39 is 11.7 Å². The second-order valence-corrected chi connectivity index (χ2v) is 5.57. The van der Waals surface area contributed by atoms with E-state index >= 15 is 0 Å². The largest absolute Gasteiger partial charge is 0.489 e. The Morgan fingerprint density at radius 3 is 2.45 bits per heavy atom. The van der Waals surface area contributed by atoms with Gasteiger partial charge < -0.3 is 10.1 Å². The van der Waals surface area contributed by atoms with Gasteiger partial charge in [-0.2, -0.15) is 13.2 Å². The molecule has 0 saturated carbocycles. The summed E-state index contributed by atoms with van der Waals surface area (Å²) in [5, 5.41) is 3.33. The second kappa shape index (κ2) is 6.48. The summed E-state index contributed by atoms with van der Waals surface area (Å²) >= 11 is 0. The first-order valence-electron chi connectivity index (χ1n) is 6.73. The fourth-order valence-corrected chi connectivity index (χ4v) is 1.56. The van der Waals surface area contributed by atoms with Gasteiger partial charge >= 0.3 is 6.18 Å². The van der Waals surface area contributed by atoms with Gasteiger partial charge in [0, 0.05) is 12.1 Å². The van der Waals surface area contributed by atoms with Crippen LogP contribution in [0.3, 0.4) is 0 Å². The van der Waals surface area contributed by atoms with Gasteiger partial charge in [-0.25, -0.2) is 0 Å². The van der Waals surface area contributed by atoms with Crippen LogP contribution in [0.2, 0.25) is 0 Å². The smallest absolute Gasteiger partial charge is 0.416 e. The number of halogens is 3. The Labute approximate surface area is 118 Å². The van der Waals surface area contributed by atoms with Crippen LogP contribution >= 0.6 is 0 Å². The SMILES string of the molecule is CCC(C)(C)NCC(C)Oc1cccc(C(F)(F)F)c1. The van der Waals surface area contributed by atoms with Crippen molar-refractivity contribution in [1.29, 1.82) is 0 Å². The zero-order valence-electron chi connectivity index (χ0n) is 12.3. The van der Waals surface area contributed by atoms with E-state index in [0.29, 0.717) is 6.54 Å². The van der Waals surface area contributed by atoms with Crippen molar-refractivity contribution in [2.45, 2.75) is 51.9 Å². The van der Waals surface area contributed by atoms with E-state index in [1.54, 1.807) is 0 Å². The van der Waals surface area contributed by atoms with Gasteiger partial charge in [-0.3, -0.25) is 0 Å². The van der Waals surface area contributed by atoms with Gasteiger partial charge in [-0.15, -0.1) is 0 Å². The Balaban J connectivity index is 2.60. The Hall–Kier alpha value is -1.23. The number of benzene rings is 1. The average Bonchev–Trinajstić information content (AvgIpc) is 2.36. The molecule has 1 aromatic rings. The van der Waals surface area contributed by atoms with Crippen LogP contribution in [0.4, 0.5) is 13.2 Å². The summed E-state index contributed by atoms with van der Waals surface area (Å²) < 4.78 is 43.3. The van der Waals surface area contributed by atoms with Crippen molar-refractivity contribution >= 4 is 0 Å². The maximum Gasteiger partial charge on any atom is 0.416 e. The Kier molecular flexibility index (Phi) is 5.45. The first-order chi connectivity index (χ1) is 9.14. The van der Waals surface area contributed by atoms with E-state index in [1.807, 2.05) is 6.92 Å². The molecule has 20 heavy (non-hydrogen) atoms. The van der Waals surface area contributed by atoms with E-state index in [1.165, 1.54) is 12.1 Å². The normalized spacial score (nSPS) is 14.2. The van der Waals surface area contributed by atoms with Crippen molar-refractivity contribution in [1.82, 2.24) is 5.32 Å². The molecule has 0 radical (unpaired) electrons. The molecule has 1 aromatic carbocycles. The molecule has 1 atom stereocenters. The lowest BCUT2D eigenvalue weighted by Gasteiger charge is -2.27. The summed E-state index contributed by atoms with van der Waals surface area (Å²) in [5.74, 6) is 0.239. The van der Waals surface area contributed by atoms with E-state index in [-0.39, 0.29) is 17.4 Å². The highest BCUT2D eigenvalue weighted by Crippen LogP contribution is 2.31. The molecule has 1 rings (SSSR count). The third-order valence-electron chi connectivity index (χ3n) is 3.25. The standard InChI is InChI=1S/C15H22F3NO/c1-5-14(3,4)19-10-11(2)20-13-8-6-7-12(9-13)15(16,17)18/h6-9,11,19H,5,10H2,1-4H3. The van der Waals surface area contributed by atoms with Gasteiger partial charge in [0.25, 0.3) is 0 Å². The van der Waals surface area contributed by atoms with Crippen molar-refractivity contribution in [2.24, 2.45) is 0 Å². The van der Waals surface area contributed by atoms with Crippen molar-refractivity contribution in [2.75, 3.05) is 6.54 Å². The fourth-order valence-electron chi connectivity index (χ4n) is 1.56. The molecule has 114 valence electrons. The molecule has 0 saturated heterocycles. The van der Waals surface area contributed by atoms with Gasteiger partial charge in [0.05, 0.1) is 5.56 Å². The van der Waals surface area contributed by atoms with Crippen LogP contribution in [0.15, 0.2) is 24.3 Å². The van der Waals surface area contributed by atoms with Gasteiger partial charge in [-0.05, 0) is 45.4 Å². The molecular formula is C15H22F3NO. The number of rotatable bonds is 6. The number of ether oxygens (including phenoxy) is 1. The zero-order chi connectivity index (χ0) is 15.4. The summed E-state index contributed by atoms with van der Waals surface area (Å²) in [6, 6.07) is 4.96. The predicted molar refractivity (Wildman–Crippen MR) is 73.9 cm³/mol. The third kappa shape index (κ3) is 5.41. The van der Waals surface area contributed by atoms with E-state index in [4.69, 9.17) is 4.74 Å². The maximum atomic E-state index is 12.6. The van der Waals surface area contributed by atoms with Crippen LogP contribution in [-0.2, 0) is 6.18 Å². The average molecular weight is 289 g/mol. The molecule has 0 aliphatic carbocycles. The summed E-state index contributed by atoms with van der Waals surface area (Å²) in [6.07, 6.45) is -3.58. The molecule has 0 fully saturated rings. The first kappa shape index (κ1) is 16.8. The lowest BCUT2D eigenvalue weighted by molar-refractivity contribution is -0.137. The summed E-state index contributed by atoms with van der Waals surface area (Å²) in [5.41, 5.74) is -0.699. The van der Waals surface area contributed by atoms with Crippen molar-refractivity contribution < 1.29 is 17.9 Å². The Morgan fingerprint density at radius 2 is 1.90 bits per heavy atom. The molecule has 1 unspecified atom stereocenters. The molecule has 1 N–H and O–H groups in total. The molecule has 0 bridgehead atoms. The molecule has 0 heterocycles. The van der Waals surface area contributed by atoms with Crippen LogP contribution in [0, 0.1) is 0 Å². The quantitative estimate of drug-likeness (QED) is 0.845. The number of hydrogen-bond donors (Lipinski definition) is 1. The highest BCUT2D eigenvalue weighted by atomic mass is 19.4. The zero-order valence-corrected chi connectivity index (χ0v) is 12.3. The van der Waals surface area contributed by atoms with E-state index in [9.17, 15) is 13.2 Å². The minimum Gasteiger partial charge on any atom is -0.489 e. The molecule has 0 aliphatic rings. The van der Waals surface area contributed by atoms with E-state index in [2.05, 4.69) is 26.1 Å². The molecular weight excluding hydrogens is 267 g/mol. The van der Waals surface area contributed by atoms with Crippen molar-refractivity contribution in [3.05, 3.63) is 29.8 Å². The maximum absolute atomic E-state index is 12.6. The summed E-state index contributed by atoms with van der Waals surface area (Å²) in [6.45, 7) is 8.63. The summed E-state index contributed by atoms with van der Waals surface area (Å²) in [4.78, 5) is 0. The Bertz CT molecular complexity index is 429. The van der Waals surface area contributed by atoms with Crippen molar-refractivity contribution in [3.63, 3.8) is 0 Å². The lowest BCUT2D eigenvalue weighted by atomic mass is 10.0. The lowest BCUT2D eigenvalue weighted by Crippen LogP contribution is -2.43. The van der Waals surface area contributed by atoms with Gasteiger partial charge in [0.1, 0.15) is 11.9 Å². The van der Waals surface area contributed by atoms with Crippen LogP contribution in [-0.4, -0.2) is 18.2 Å². The fraction of sp³-hybridized carbons (Fsp3) is 0.600. The molecule has 0 spiro atoms. The minimum absolute atomic E-state index is 0.00849. The molecule has 5 heteroatoms. The monoisotopic (exact) mass is 289 g/mol.